The van der Waals surface area contributed by atoms with E-state index in [-0.39, 0.29) is 22.8 Å². The predicted molar refractivity (Wildman–Crippen MR) is 106 cm³/mol. The maximum Gasteiger partial charge on any atom is 0.223 e. The van der Waals surface area contributed by atoms with Gasteiger partial charge in [-0.25, -0.2) is 14.4 Å². The molecule has 1 saturated heterocycles. The lowest BCUT2D eigenvalue weighted by atomic mass is 9.92. The van der Waals surface area contributed by atoms with E-state index in [1.165, 1.54) is 0 Å². The maximum atomic E-state index is 14.3. The summed E-state index contributed by atoms with van der Waals surface area (Å²) in [4.78, 5) is 26.2. The first-order valence-electron chi connectivity index (χ1n) is 9.31. The number of likely N-dealkylation sites (tertiary alicyclic amines) is 1. The van der Waals surface area contributed by atoms with Gasteiger partial charge in [-0.05, 0) is 47.2 Å². The summed E-state index contributed by atoms with van der Waals surface area (Å²) >= 11 is 5.86. The van der Waals surface area contributed by atoms with Crippen molar-refractivity contribution in [2.45, 2.75) is 39.2 Å². The van der Waals surface area contributed by atoms with Crippen LogP contribution in [-0.4, -0.2) is 32.3 Å². The number of benzene rings is 1. The quantitative estimate of drug-likeness (QED) is 0.596. The summed E-state index contributed by atoms with van der Waals surface area (Å²) in [6, 6.07) is 5.54. The zero-order chi connectivity index (χ0) is 19.8. The Kier molecular flexibility index (Phi) is 4.98. The lowest BCUT2D eigenvalue weighted by Crippen LogP contribution is -2.24. The van der Waals surface area contributed by atoms with Gasteiger partial charge in [-0.2, -0.15) is 0 Å². The van der Waals surface area contributed by atoms with Gasteiger partial charge in [0.05, 0.1) is 11.7 Å². The SMILES string of the molecule is CC(C)c1c(CN2CCCC2=O)cnc2ccc(-c3nc(Cl)ncc3F)cc12. The van der Waals surface area contributed by atoms with E-state index in [4.69, 9.17) is 11.6 Å². The molecule has 1 amide bonds. The van der Waals surface area contributed by atoms with E-state index in [1.807, 2.05) is 23.2 Å². The maximum absolute atomic E-state index is 14.3. The Labute approximate surface area is 167 Å². The Bertz CT molecular complexity index is 1070. The van der Waals surface area contributed by atoms with E-state index in [2.05, 4.69) is 28.8 Å². The molecule has 1 aliphatic rings. The van der Waals surface area contributed by atoms with Crippen LogP contribution in [0.15, 0.2) is 30.6 Å². The van der Waals surface area contributed by atoms with Gasteiger partial charge in [0.25, 0.3) is 0 Å². The van der Waals surface area contributed by atoms with E-state index in [0.29, 0.717) is 18.5 Å². The van der Waals surface area contributed by atoms with Crippen molar-refractivity contribution in [1.82, 2.24) is 19.9 Å². The molecular formula is C21H20ClFN4O. The molecule has 0 atom stereocenters. The summed E-state index contributed by atoms with van der Waals surface area (Å²) in [6.45, 7) is 5.55. The number of halogens is 2. The van der Waals surface area contributed by atoms with Crippen LogP contribution in [0, 0.1) is 5.82 Å². The zero-order valence-corrected chi connectivity index (χ0v) is 16.5. The molecule has 0 radical (unpaired) electrons. The lowest BCUT2D eigenvalue weighted by Gasteiger charge is -2.21. The standard InChI is InChI=1S/C21H20ClFN4O/c1-12(2)19-14(11-27-7-3-4-18(27)28)9-24-17-6-5-13(8-15(17)19)20-16(23)10-25-21(22)26-20/h5-6,8-10,12H,3-4,7,11H2,1-2H3. The molecule has 0 N–H and O–H groups in total. The molecule has 1 aromatic carbocycles. The van der Waals surface area contributed by atoms with Crippen molar-refractivity contribution in [2.24, 2.45) is 0 Å². The number of pyridine rings is 1. The van der Waals surface area contributed by atoms with Crippen molar-refractivity contribution >= 4 is 28.4 Å². The fraction of sp³-hybridized carbons (Fsp3) is 0.333. The average Bonchev–Trinajstić information content (AvgIpc) is 3.07. The van der Waals surface area contributed by atoms with Crippen molar-refractivity contribution in [2.75, 3.05) is 6.54 Å². The molecule has 0 saturated carbocycles. The molecule has 28 heavy (non-hydrogen) atoms. The first-order valence-corrected chi connectivity index (χ1v) is 9.69. The molecule has 1 aliphatic heterocycles. The van der Waals surface area contributed by atoms with Crippen LogP contribution in [0.2, 0.25) is 5.28 Å². The third kappa shape index (κ3) is 3.44. The largest absolute Gasteiger partial charge is 0.338 e. The fourth-order valence-corrected chi connectivity index (χ4v) is 3.97. The van der Waals surface area contributed by atoms with Crippen molar-refractivity contribution < 1.29 is 9.18 Å². The van der Waals surface area contributed by atoms with Gasteiger partial charge in [0.15, 0.2) is 5.82 Å². The first kappa shape index (κ1) is 18.7. The second-order valence-electron chi connectivity index (χ2n) is 7.34. The van der Waals surface area contributed by atoms with Crippen LogP contribution < -0.4 is 0 Å². The second-order valence-corrected chi connectivity index (χ2v) is 7.68. The molecule has 4 rings (SSSR count). The van der Waals surface area contributed by atoms with Gasteiger partial charge in [-0.15, -0.1) is 0 Å². The lowest BCUT2D eigenvalue weighted by molar-refractivity contribution is -0.128. The number of carbonyl (C=O) groups excluding carboxylic acids is 1. The number of fused-ring (bicyclic) bond motifs is 1. The van der Waals surface area contributed by atoms with Crippen molar-refractivity contribution in [3.63, 3.8) is 0 Å². The zero-order valence-electron chi connectivity index (χ0n) is 15.7. The summed E-state index contributed by atoms with van der Waals surface area (Å²) in [7, 11) is 0. The molecule has 3 aromatic rings. The summed E-state index contributed by atoms with van der Waals surface area (Å²) in [6.07, 6.45) is 4.43. The molecule has 5 nitrogen and oxygen atoms in total. The normalized spacial score (nSPS) is 14.5. The molecule has 144 valence electrons. The van der Waals surface area contributed by atoms with Crippen molar-refractivity contribution in [3.8, 4) is 11.3 Å². The topological polar surface area (TPSA) is 59.0 Å². The van der Waals surface area contributed by atoms with Crippen LogP contribution in [0.5, 0.6) is 0 Å². The summed E-state index contributed by atoms with van der Waals surface area (Å²) in [5, 5.41) is 0.936. The number of rotatable bonds is 4. The molecule has 0 spiro atoms. The minimum atomic E-state index is -0.526. The van der Waals surface area contributed by atoms with Gasteiger partial charge in [0.1, 0.15) is 5.69 Å². The highest BCUT2D eigenvalue weighted by Gasteiger charge is 2.23. The molecular weight excluding hydrogens is 379 g/mol. The highest BCUT2D eigenvalue weighted by atomic mass is 35.5. The van der Waals surface area contributed by atoms with Crippen LogP contribution in [0.1, 0.15) is 43.7 Å². The number of amides is 1. The molecule has 0 aliphatic carbocycles. The molecule has 0 unspecified atom stereocenters. The van der Waals surface area contributed by atoms with E-state index in [1.54, 1.807) is 6.07 Å². The number of aromatic nitrogens is 3. The van der Waals surface area contributed by atoms with Crippen molar-refractivity contribution in [3.05, 3.63) is 52.8 Å². The van der Waals surface area contributed by atoms with E-state index in [0.717, 1.165) is 41.2 Å². The van der Waals surface area contributed by atoms with E-state index >= 15 is 0 Å². The summed E-state index contributed by atoms with van der Waals surface area (Å²) in [5.74, 6) is -0.129. The Morgan fingerprint density at radius 3 is 2.79 bits per heavy atom. The number of hydrogen-bond acceptors (Lipinski definition) is 4. The molecule has 3 heterocycles. The molecule has 1 fully saturated rings. The van der Waals surface area contributed by atoms with Gasteiger partial charge in [0.2, 0.25) is 11.2 Å². The Balaban J connectivity index is 1.85. The third-order valence-corrected chi connectivity index (χ3v) is 5.27. The monoisotopic (exact) mass is 398 g/mol. The van der Waals surface area contributed by atoms with Gasteiger partial charge in [0, 0.05) is 36.7 Å². The summed E-state index contributed by atoms with van der Waals surface area (Å²) < 4.78 is 14.3. The van der Waals surface area contributed by atoms with Gasteiger partial charge in [-0.3, -0.25) is 9.78 Å². The second kappa shape index (κ2) is 7.43. The van der Waals surface area contributed by atoms with Crippen LogP contribution >= 0.6 is 11.6 Å². The molecule has 2 aromatic heterocycles. The first-order chi connectivity index (χ1) is 13.4. The van der Waals surface area contributed by atoms with Crippen LogP contribution in [0.3, 0.4) is 0 Å². The smallest absolute Gasteiger partial charge is 0.223 e. The minimum Gasteiger partial charge on any atom is -0.338 e. The van der Waals surface area contributed by atoms with Crippen LogP contribution in [0.4, 0.5) is 4.39 Å². The Morgan fingerprint density at radius 2 is 2.07 bits per heavy atom. The third-order valence-electron chi connectivity index (χ3n) is 5.09. The van der Waals surface area contributed by atoms with E-state index < -0.39 is 5.82 Å². The highest BCUT2D eigenvalue weighted by Crippen LogP contribution is 2.33. The van der Waals surface area contributed by atoms with Gasteiger partial charge < -0.3 is 4.90 Å². The highest BCUT2D eigenvalue weighted by molar-refractivity contribution is 6.28. The minimum absolute atomic E-state index is 0.00000138. The number of nitrogens with zero attached hydrogens (tertiary/aromatic N) is 4. The van der Waals surface area contributed by atoms with Gasteiger partial charge in [-0.1, -0.05) is 19.9 Å². The Hall–Kier alpha value is -2.60. The molecule has 7 heteroatoms. The number of carbonyl (C=O) groups is 1. The molecule has 0 bridgehead atoms. The van der Waals surface area contributed by atoms with Crippen molar-refractivity contribution in [1.29, 1.82) is 0 Å². The average molecular weight is 399 g/mol. The van der Waals surface area contributed by atoms with Gasteiger partial charge >= 0.3 is 0 Å². The Morgan fingerprint density at radius 1 is 1.25 bits per heavy atom. The van der Waals surface area contributed by atoms with E-state index in [9.17, 15) is 9.18 Å². The predicted octanol–water partition coefficient (Wildman–Crippen LogP) is 4.73. The summed E-state index contributed by atoms with van der Waals surface area (Å²) in [5.41, 5.74) is 3.75. The number of hydrogen-bond donors (Lipinski definition) is 0. The van der Waals surface area contributed by atoms with Crippen LogP contribution in [-0.2, 0) is 11.3 Å². The fourth-order valence-electron chi connectivity index (χ4n) is 3.83. The van der Waals surface area contributed by atoms with Crippen LogP contribution in [0.25, 0.3) is 22.2 Å².